The predicted octanol–water partition coefficient (Wildman–Crippen LogP) is 6.40. The molecule has 8 heteroatoms. The van der Waals surface area contributed by atoms with E-state index in [2.05, 4.69) is 21.8 Å². The van der Waals surface area contributed by atoms with Crippen molar-refractivity contribution in [2.75, 3.05) is 5.32 Å². The SMILES string of the molecule is CCCCc1nc(Cl)c(CC(=O)O)n1Cc1ccc(NC(=O)[C@H](Cc2ccccc2)n2c(C)ccc2C)cc1. The molecule has 0 fully saturated rings. The fourth-order valence-corrected chi connectivity index (χ4v) is 5.21. The maximum absolute atomic E-state index is 13.6. The lowest BCUT2D eigenvalue weighted by atomic mass is 10.0. The summed E-state index contributed by atoms with van der Waals surface area (Å²) in [6.07, 6.45) is 3.06. The average Bonchev–Trinajstić information content (AvgIpc) is 3.39. The Balaban J connectivity index is 1.54. The molecule has 0 saturated heterocycles. The molecule has 2 heterocycles. The molecule has 0 aliphatic rings. The van der Waals surface area contributed by atoms with Crippen LogP contribution in [0.15, 0.2) is 66.7 Å². The smallest absolute Gasteiger partial charge is 0.309 e. The van der Waals surface area contributed by atoms with Crippen LogP contribution in [-0.4, -0.2) is 31.1 Å². The molecule has 0 radical (unpaired) electrons. The number of carboxylic acids is 1. The van der Waals surface area contributed by atoms with Crippen LogP contribution in [0.4, 0.5) is 5.69 Å². The Bertz CT molecular complexity index is 1400. The molecule has 0 aliphatic heterocycles. The number of carbonyl (C=O) groups excluding carboxylic acids is 1. The first-order valence-electron chi connectivity index (χ1n) is 13.3. The quantitative estimate of drug-likeness (QED) is 0.215. The van der Waals surface area contributed by atoms with E-state index in [9.17, 15) is 14.7 Å². The largest absolute Gasteiger partial charge is 0.481 e. The number of aromatic nitrogens is 3. The van der Waals surface area contributed by atoms with Crippen LogP contribution in [0.3, 0.4) is 0 Å². The number of halogens is 1. The Hall–Kier alpha value is -3.84. The van der Waals surface area contributed by atoms with Crippen LogP contribution in [0.25, 0.3) is 0 Å². The first-order chi connectivity index (χ1) is 18.8. The minimum Gasteiger partial charge on any atom is -0.481 e. The Morgan fingerprint density at radius 1 is 0.974 bits per heavy atom. The lowest BCUT2D eigenvalue weighted by Crippen LogP contribution is -2.29. The molecule has 2 aromatic carbocycles. The molecule has 1 amide bonds. The standard InChI is InChI=1S/C31H35ClN4O3/c1-4-5-11-28-34-30(32)26(19-29(37)38)35(28)20-24-14-16-25(17-15-24)33-31(39)27(18-23-9-7-6-8-10-23)36-21(2)12-13-22(36)3/h6-10,12-17,27H,4-5,11,18-20H2,1-3H3,(H,33,39)(H,37,38)/t27-/m0/s1. The van der Waals surface area contributed by atoms with Crippen molar-refractivity contribution in [2.24, 2.45) is 0 Å². The summed E-state index contributed by atoms with van der Waals surface area (Å²) < 4.78 is 3.99. The minimum atomic E-state index is -0.948. The van der Waals surface area contributed by atoms with Gasteiger partial charge < -0.3 is 19.6 Å². The summed E-state index contributed by atoms with van der Waals surface area (Å²) in [6.45, 7) is 6.59. The van der Waals surface area contributed by atoms with Crippen LogP contribution < -0.4 is 5.32 Å². The molecule has 0 spiro atoms. The summed E-state index contributed by atoms with van der Waals surface area (Å²) in [5.74, 6) is -0.242. The number of hydrogen-bond acceptors (Lipinski definition) is 3. The third kappa shape index (κ3) is 6.98. The molecule has 39 heavy (non-hydrogen) atoms. The number of benzene rings is 2. The number of aryl methyl sites for hydroxylation is 3. The van der Waals surface area contributed by atoms with Gasteiger partial charge in [-0.2, -0.15) is 0 Å². The first kappa shape index (κ1) is 28.2. The zero-order valence-electron chi connectivity index (χ0n) is 22.7. The van der Waals surface area contributed by atoms with Gasteiger partial charge in [0.05, 0.1) is 12.1 Å². The molecule has 7 nitrogen and oxygen atoms in total. The molecule has 2 aromatic heterocycles. The second-order valence-corrected chi connectivity index (χ2v) is 10.3. The van der Waals surface area contributed by atoms with Crippen molar-refractivity contribution in [3.63, 3.8) is 0 Å². The van der Waals surface area contributed by atoms with E-state index in [0.29, 0.717) is 24.3 Å². The van der Waals surface area contributed by atoms with Crippen LogP contribution >= 0.6 is 11.6 Å². The number of imidazole rings is 1. The number of carboxylic acid groups (broad SMARTS) is 1. The molecule has 4 rings (SSSR count). The van der Waals surface area contributed by atoms with Crippen LogP contribution in [0.5, 0.6) is 0 Å². The van der Waals surface area contributed by atoms with Crippen molar-refractivity contribution < 1.29 is 14.7 Å². The van der Waals surface area contributed by atoms with Crippen molar-refractivity contribution >= 4 is 29.2 Å². The zero-order chi connectivity index (χ0) is 27.9. The highest BCUT2D eigenvalue weighted by Gasteiger charge is 2.24. The van der Waals surface area contributed by atoms with Gasteiger partial charge in [-0.1, -0.05) is 67.4 Å². The summed E-state index contributed by atoms with van der Waals surface area (Å²) in [6, 6.07) is 21.3. The van der Waals surface area contributed by atoms with Gasteiger partial charge in [0, 0.05) is 36.5 Å². The Kier molecular flexibility index (Phi) is 9.25. The van der Waals surface area contributed by atoms with E-state index >= 15 is 0 Å². The molecule has 2 N–H and O–H groups in total. The van der Waals surface area contributed by atoms with E-state index in [0.717, 1.165) is 47.6 Å². The molecular formula is C31H35ClN4O3. The molecule has 0 aliphatic carbocycles. The first-order valence-corrected chi connectivity index (χ1v) is 13.7. The van der Waals surface area contributed by atoms with Gasteiger partial charge in [-0.05, 0) is 55.7 Å². The van der Waals surface area contributed by atoms with Gasteiger partial charge in [-0.25, -0.2) is 4.98 Å². The topological polar surface area (TPSA) is 89.2 Å². The van der Waals surface area contributed by atoms with Crippen molar-refractivity contribution in [3.05, 3.63) is 106 Å². The van der Waals surface area contributed by atoms with Crippen molar-refractivity contribution in [2.45, 2.75) is 65.5 Å². The lowest BCUT2D eigenvalue weighted by Gasteiger charge is -2.22. The van der Waals surface area contributed by atoms with Crippen molar-refractivity contribution in [1.82, 2.24) is 14.1 Å². The van der Waals surface area contributed by atoms with Crippen LogP contribution in [0, 0.1) is 13.8 Å². The van der Waals surface area contributed by atoms with E-state index in [1.54, 1.807) is 0 Å². The summed E-state index contributed by atoms with van der Waals surface area (Å²) >= 11 is 6.33. The highest BCUT2D eigenvalue weighted by molar-refractivity contribution is 6.30. The van der Waals surface area contributed by atoms with Gasteiger partial charge in [-0.15, -0.1) is 0 Å². The number of nitrogens with one attached hydrogen (secondary N) is 1. The maximum atomic E-state index is 13.6. The van der Waals surface area contributed by atoms with E-state index in [1.165, 1.54) is 0 Å². The van der Waals surface area contributed by atoms with Gasteiger partial charge in [-0.3, -0.25) is 9.59 Å². The van der Waals surface area contributed by atoms with Gasteiger partial charge >= 0.3 is 5.97 Å². The Morgan fingerprint density at radius 3 is 2.26 bits per heavy atom. The third-order valence-corrected chi connectivity index (χ3v) is 7.25. The molecule has 4 aromatic rings. The van der Waals surface area contributed by atoms with Crippen LogP contribution in [0.2, 0.25) is 5.15 Å². The molecule has 0 unspecified atom stereocenters. The Labute approximate surface area is 234 Å². The second kappa shape index (κ2) is 12.8. The van der Waals surface area contributed by atoms with Crippen molar-refractivity contribution in [1.29, 1.82) is 0 Å². The fraction of sp³-hybridized carbons (Fsp3) is 0.323. The monoisotopic (exact) mass is 546 g/mol. The second-order valence-electron chi connectivity index (χ2n) is 9.90. The molecular weight excluding hydrogens is 512 g/mol. The number of hydrogen-bond donors (Lipinski definition) is 2. The summed E-state index contributed by atoms with van der Waals surface area (Å²) in [4.78, 5) is 29.5. The van der Waals surface area contributed by atoms with Gasteiger partial charge in [0.2, 0.25) is 5.91 Å². The minimum absolute atomic E-state index is 0.0824. The molecule has 204 valence electrons. The van der Waals surface area contributed by atoms with E-state index in [1.807, 2.05) is 85.1 Å². The van der Waals surface area contributed by atoms with Crippen LogP contribution in [0.1, 0.15) is 59.8 Å². The number of unbranched alkanes of at least 4 members (excludes halogenated alkanes) is 1. The van der Waals surface area contributed by atoms with E-state index in [4.69, 9.17) is 11.6 Å². The molecule has 0 saturated carbocycles. The number of amides is 1. The van der Waals surface area contributed by atoms with Gasteiger partial charge in [0.1, 0.15) is 11.9 Å². The molecule has 1 atom stereocenters. The zero-order valence-corrected chi connectivity index (χ0v) is 23.4. The summed E-state index contributed by atoms with van der Waals surface area (Å²) in [7, 11) is 0. The van der Waals surface area contributed by atoms with Crippen LogP contribution in [-0.2, 0) is 35.4 Å². The number of rotatable bonds is 12. The number of aliphatic carboxylic acids is 1. The summed E-state index contributed by atoms with van der Waals surface area (Å²) in [5, 5.41) is 12.7. The average molecular weight is 547 g/mol. The Morgan fingerprint density at radius 2 is 1.64 bits per heavy atom. The third-order valence-electron chi connectivity index (χ3n) is 6.95. The highest BCUT2D eigenvalue weighted by Crippen LogP contribution is 2.24. The number of nitrogens with zero attached hydrogens (tertiary/aromatic N) is 3. The lowest BCUT2D eigenvalue weighted by molar-refractivity contribution is -0.136. The van der Waals surface area contributed by atoms with E-state index < -0.39 is 12.0 Å². The van der Waals surface area contributed by atoms with Gasteiger partial charge in [0.15, 0.2) is 5.15 Å². The number of anilines is 1. The van der Waals surface area contributed by atoms with Gasteiger partial charge in [0.25, 0.3) is 0 Å². The molecule has 0 bridgehead atoms. The number of carbonyl (C=O) groups is 2. The van der Waals surface area contributed by atoms with E-state index in [-0.39, 0.29) is 17.5 Å². The normalized spacial score (nSPS) is 11.9. The predicted molar refractivity (Wildman–Crippen MR) is 154 cm³/mol. The maximum Gasteiger partial charge on any atom is 0.309 e. The highest BCUT2D eigenvalue weighted by atomic mass is 35.5. The fourth-order valence-electron chi connectivity index (χ4n) is 4.94. The van der Waals surface area contributed by atoms with Crippen molar-refractivity contribution in [3.8, 4) is 0 Å². The summed E-state index contributed by atoms with van der Waals surface area (Å²) in [5.41, 5.74) is 5.33.